The maximum Gasteiger partial charge on any atom is 0.230 e. The van der Waals surface area contributed by atoms with Crippen LogP contribution in [0.3, 0.4) is 0 Å². The molecule has 0 aromatic carbocycles. The van der Waals surface area contributed by atoms with Gasteiger partial charge in [0.05, 0.1) is 13.2 Å². The zero-order chi connectivity index (χ0) is 15.8. The van der Waals surface area contributed by atoms with Gasteiger partial charge in [-0.2, -0.15) is 5.10 Å². The van der Waals surface area contributed by atoms with Crippen molar-refractivity contribution in [2.75, 3.05) is 19.7 Å². The van der Waals surface area contributed by atoms with Gasteiger partial charge >= 0.3 is 0 Å². The summed E-state index contributed by atoms with van der Waals surface area (Å²) in [7, 11) is 0. The first kappa shape index (κ1) is 14.8. The molecule has 0 bridgehead atoms. The van der Waals surface area contributed by atoms with Crippen LogP contribution in [0.4, 0.5) is 0 Å². The van der Waals surface area contributed by atoms with E-state index >= 15 is 0 Å². The number of nitrogens with one attached hydrogen (secondary N) is 1. The summed E-state index contributed by atoms with van der Waals surface area (Å²) in [5, 5.41) is 15.6. The fourth-order valence-corrected chi connectivity index (χ4v) is 2.72. The topological polar surface area (TPSA) is 93.0 Å². The summed E-state index contributed by atoms with van der Waals surface area (Å²) < 4.78 is 11.6. The van der Waals surface area contributed by atoms with Crippen molar-refractivity contribution in [1.82, 2.24) is 30.3 Å². The largest absolute Gasteiger partial charge is 0.424 e. The first-order valence-corrected chi connectivity index (χ1v) is 8.27. The van der Waals surface area contributed by atoms with E-state index in [0.717, 1.165) is 30.6 Å². The van der Waals surface area contributed by atoms with Crippen LogP contribution in [0.5, 0.6) is 0 Å². The van der Waals surface area contributed by atoms with Crippen molar-refractivity contribution in [2.45, 2.75) is 51.2 Å². The van der Waals surface area contributed by atoms with E-state index in [1.807, 2.05) is 0 Å². The van der Waals surface area contributed by atoms with Gasteiger partial charge in [-0.1, -0.05) is 13.8 Å². The van der Waals surface area contributed by atoms with Crippen molar-refractivity contribution in [3.05, 3.63) is 23.4 Å². The van der Waals surface area contributed by atoms with Gasteiger partial charge in [0, 0.05) is 24.9 Å². The molecule has 1 aliphatic carbocycles. The number of nitrogens with zero attached hydrogens (tertiary/aromatic N) is 5. The molecule has 1 saturated carbocycles. The van der Waals surface area contributed by atoms with E-state index in [0.29, 0.717) is 30.9 Å². The average Bonchev–Trinajstić information content (AvgIpc) is 3.09. The quantitative estimate of drug-likeness (QED) is 0.897. The molecule has 2 fully saturated rings. The number of hydrogen-bond donors (Lipinski definition) is 1. The molecular weight excluding hydrogens is 296 g/mol. The van der Waals surface area contributed by atoms with Crippen LogP contribution in [0.1, 0.15) is 68.1 Å². The number of aromatic amines is 1. The molecule has 2 aromatic rings. The Labute approximate surface area is 134 Å². The van der Waals surface area contributed by atoms with Crippen molar-refractivity contribution in [2.24, 2.45) is 0 Å². The zero-order valence-electron chi connectivity index (χ0n) is 13.5. The lowest BCUT2D eigenvalue weighted by atomic mass is 10.2. The van der Waals surface area contributed by atoms with Gasteiger partial charge < -0.3 is 9.15 Å². The van der Waals surface area contributed by atoms with Crippen molar-refractivity contribution >= 4 is 0 Å². The summed E-state index contributed by atoms with van der Waals surface area (Å²) in [6.07, 6.45) is 2.25. The predicted molar refractivity (Wildman–Crippen MR) is 80.7 cm³/mol. The van der Waals surface area contributed by atoms with Gasteiger partial charge in [0.15, 0.2) is 11.6 Å². The minimum absolute atomic E-state index is 0.0884. The fraction of sp³-hybridized carbons (Fsp3) is 0.733. The molecule has 0 unspecified atom stereocenters. The fourth-order valence-electron chi connectivity index (χ4n) is 2.72. The smallest absolute Gasteiger partial charge is 0.230 e. The van der Waals surface area contributed by atoms with E-state index in [9.17, 15) is 0 Å². The number of rotatable bonds is 5. The molecule has 0 spiro atoms. The van der Waals surface area contributed by atoms with E-state index in [-0.39, 0.29) is 6.10 Å². The Bertz CT molecular complexity index is 662. The molecule has 1 aliphatic heterocycles. The van der Waals surface area contributed by atoms with Crippen LogP contribution < -0.4 is 0 Å². The van der Waals surface area contributed by atoms with Crippen LogP contribution in [0.25, 0.3) is 0 Å². The highest BCUT2D eigenvalue weighted by Crippen LogP contribution is 2.39. The number of hydrogen-bond acceptors (Lipinski definition) is 7. The Hall–Kier alpha value is -1.80. The maximum atomic E-state index is 5.84. The molecule has 23 heavy (non-hydrogen) atoms. The van der Waals surface area contributed by atoms with E-state index in [2.05, 4.69) is 44.1 Å². The normalized spacial score (nSPS) is 22.8. The molecule has 8 heteroatoms. The Balaban J connectivity index is 1.39. The number of ether oxygens (including phenoxy) is 1. The second-order valence-corrected chi connectivity index (χ2v) is 6.64. The average molecular weight is 318 g/mol. The van der Waals surface area contributed by atoms with Crippen molar-refractivity contribution in [3.8, 4) is 0 Å². The highest BCUT2D eigenvalue weighted by atomic mass is 16.5. The number of H-pyrrole nitrogens is 1. The highest BCUT2D eigenvalue weighted by molar-refractivity contribution is 5.01. The van der Waals surface area contributed by atoms with Gasteiger partial charge in [-0.15, -0.1) is 10.2 Å². The molecule has 2 aliphatic rings. The van der Waals surface area contributed by atoms with Crippen molar-refractivity contribution < 1.29 is 9.15 Å². The van der Waals surface area contributed by atoms with Gasteiger partial charge in [0.1, 0.15) is 6.10 Å². The molecule has 3 heterocycles. The molecule has 0 radical (unpaired) electrons. The van der Waals surface area contributed by atoms with Gasteiger partial charge in [0.2, 0.25) is 11.8 Å². The van der Waals surface area contributed by atoms with Gasteiger partial charge in [0.25, 0.3) is 0 Å². The molecule has 1 atom stereocenters. The first-order valence-electron chi connectivity index (χ1n) is 8.27. The molecule has 1 saturated heterocycles. The Morgan fingerprint density at radius 1 is 1.30 bits per heavy atom. The first-order chi connectivity index (χ1) is 11.2. The summed E-state index contributed by atoms with van der Waals surface area (Å²) in [6.45, 7) is 7.06. The summed E-state index contributed by atoms with van der Waals surface area (Å²) >= 11 is 0. The summed E-state index contributed by atoms with van der Waals surface area (Å²) in [5.74, 6) is 3.90. The third-order valence-corrected chi connectivity index (χ3v) is 4.26. The monoisotopic (exact) mass is 318 g/mol. The van der Waals surface area contributed by atoms with Crippen molar-refractivity contribution in [3.63, 3.8) is 0 Å². The van der Waals surface area contributed by atoms with Crippen LogP contribution in [0.15, 0.2) is 4.42 Å². The van der Waals surface area contributed by atoms with Gasteiger partial charge in [-0.05, 0) is 12.8 Å². The maximum absolute atomic E-state index is 5.84. The minimum Gasteiger partial charge on any atom is -0.424 e. The Morgan fingerprint density at radius 3 is 2.91 bits per heavy atom. The molecule has 4 rings (SSSR count). The summed E-state index contributed by atoms with van der Waals surface area (Å²) in [5.41, 5.74) is 0. The second-order valence-electron chi connectivity index (χ2n) is 6.64. The van der Waals surface area contributed by atoms with Crippen LogP contribution >= 0.6 is 0 Å². The molecule has 0 amide bonds. The molecule has 8 nitrogen and oxygen atoms in total. The molecular formula is C15H22N6O2. The SMILES string of the molecule is CC(C)c1n[nH]c([C@@H]2CN(Cc3nnc(C4CC4)o3)CCO2)n1. The lowest BCUT2D eigenvalue weighted by Gasteiger charge is -2.30. The minimum atomic E-state index is -0.0884. The predicted octanol–water partition coefficient (Wildman–Crippen LogP) is 1.76. The van der Waals surface area contributed by atoms with Crippen molar-refractivity contribution in [1.29, 1.82) is 0 Å². The van der Waals surface area contributed by atoms with Gasteiger partial charge in [-0.3, -0.25) is 10.00 Å². The number of morpholine rings is 1. The Kier molecular flexibility index (Phi) is 3.86. The third-order valence-electron chi connectivity index (χ3n) is 4.26. The van der Waals surface area contributed by atoms with E-state index in [1.165, 1.54) is 12.8 Å². The highest BCUT2D eigenvalue weighted by Gasteiger charge is 2.30. The van der Waals surface area contributed by atoms with Crippen LogP contribution in [-0.2, 0) is 11.3 Å². The third kappa shape index (κ3) is 3.28. The van der Waals surface area contributed by atoms with E-state index in [1.54, 1.807) is 0 Å². The van der Waals surface area contributed by atoms with Crippen LogP contribution in [0, 0.1) is 0 Å². The summed E-state index contributed by atoms with van der Waals surface area (Å²) in [6, 6.07) is 0. The zero-order valence-corrected chi connectivity index (χ0v) is 13.5. The lowest BCUT2D eigenvalue weighted by Crippen LogP contribution is -2.38. The second kappa shape index (κ2) is 6.01. The number of aromatic nitrogens is 5. The van der Waals surface area contributed by atoms with Gasteiger partial charge in [-0.25, -0.2) is 4.98 Å². The van der Waals surface area contributed by atoms with E-state index in [4.69, 9.17) is 9.15 Å². The van der Waals surface area contributed by atoms with E-state index < -0.39 is 0 Å². The molecule has 2 aromatic heterocycles. The van der Waals surface area contributed by atoms with Crippen LogP contribution in [-0.4, -0.2) is 50.0 Å². The van der Waals surface area contributed by atoms with Crippen LogP contribution in [0.2, 0.25) is 0 Å². The molecule has 1 N–H and O–H groups in total. The lowest BCUT2D eigenvalue weighted by molar-refractivity contribution is -0.0393. The summed E-state index contributed by atoms with van der Waals surface area (Å²) in [4.78, 5) is 6.80. The Morgan fingerprint density at radius 2 is 2.17 bits per heavy atom. The standard InChI is InChI=1S/C15H22N6O2/c1-9(2)13-16-14(19-18-13)11-7-21(5-6-22-11)8-12-17-20-15(23-12)10-3-4-10/h9-11H,3-8H2,1-2H3,(H,16,18,19)/t11-/m0/s1. The molecule has 124 valence electrons.